The van der Waals surface area contributed by atoms with Crippen molar-refractivity contribution in [3.63, 3.8) is 0 Å². The van der Waals surface area contributed by atoms with E-state index >= 15 is 0 Å². The molecule has 0 saturated carbocycles. The highest BCUT2D eigenvalue weighted by atomic mass is 16.3. The first-order valence-corrected chi connectivity index (χ1v) is 5.34. The molecule has 1 aromatic heterocycles. The summed E-state index contributed by atoms with van der Waals surface area (Å²) in [6, 6.07) is 9.79. The van der Waals surface area contributed by atoms with E-state index in [1.165, 1.54) is 0 Å². The smallest absolute Gasteiger partial charge is 0.0991 e. The van der Waals surface area contributed by atoms with Crippen LogP contribution in [0.25, 0.3) is 10.9 Å². The first kappa shape index (κ1) is 10.7. The van der Waals surface area contributed by atoms with Gasteiger partial charge in [-0.25, -0.2) is 0 Å². The first-order valence-electron chi connectivity index (χ1n) is 5.34. The number of rotatable bonds is 3. The third kappa shape index (κ3) is 1.93. The largest absolute Gasteiger partial charge is 0.396 e. The summed E-state index contributed by atoms with van der Waals surface area (Å²) in [6.07, 6.45) is 2.00. The van der Waals surface area contributed by atoms with Crippen LogP contribution in [-0.2, 0) is 6.54 Å². The van der Waals surface area contributed by atoms with Gasteiger partial charge in [0.1, 0.15) is 0 Å². The number of hydrogen-bond donors (Lipinski definition) is 1. The molecule has 2 rings (SSSR count). The third-order valence-electron chi connectivity index (χ3n) is 2.72. The summed E-state index contributed by atoms with van der Waals surface area (Å²) in [5.41, 5.74) is 1.79. The van der Waals surface area contributed by atoms with E-state index in [2.05, 4.69) is 10.6 Å². The second kappa shape index (κ2) is 4.38. The second-order valence-electron chi connectivity index (χ2n) is 4.14. The Bertz CT molecular complexity index is 536. The van der Waals surface area contributed by atoms with Crippen molar-refractivity contribution in [1.82, 2.24) is 4.57 Å². The van der Waals surface area contributed by atoms with Crippen molar-refractivity contribution in [3.8, 4) is 6.07 Å². The van der Waals surface area contributed by atoms with Gasteiger partial charge < -0.3 is 9.67 Å². The van der Waals surface area contributed by atoms with Crippen molar-refractivity contribution in [2.24, 2.45) is 5.92 Å². The Labute approximate surface area is 94.5 Å². The minimum Gasteiger partial charge on any atom is -0.396 e. The van der Waals surface area contributed by atoms with Crippen LogP contribution in [0.5, 0.6) is 0 Å². The summed E-state index contributed by atoms with van der Waals surface area (Å²) in [7, 11) is 0. The van der Waals surface area contributed by atoms with Crippen molar-refractivity contribution < 1.29 is 5.11 Å². The highest BCUT2D eigenvalue weighted by Crippen LogP contribution is 2.18. The van der Waals surface area contributed by atoms with Gasteiger partial charge in [0.05, 0.1) is 11.6 Å². The van der Waals surface area contributed by atoms with Gasteiger partial charge in [-0.15, -0.1) is 0 Å². The molecule has 0 aliphatic rings. The van der Waals surface area contributed by atoms with Crippen LogP contribution in [0.2, 0.25) is 0 Å². The molecule has 0 bridgehead atoms. The van der Waals surface area contributed by atoms with Crippen molar-refractivity contribution in [2.45, 2.75) is 13.5 Å². The van der Waals surface area contributed by atoms with Crippen molar-refractivity contribution in [2.75, 3.05) is 6.61 Å². The average Bonchev–Trinajstić information content (AvgIpc) is 2.71. The molecule has 16 heavy (non-hydrogen) atoms. The third-order valence-corrected chi connectivity index (χ3v) is 2.72. The summed E-state index contributed by atoms with van der Waals surface area (Å²) >= 11 is 0. The monoisotopic (exact) mass is 214 g/mol. The summed E-state index contributed by atoms with van der Waals surface area (Å²) in [6.45, 7) is 3.00. The minimum absolute atomic E-state index is 0.190. The van der Waals surface area contributed by atoms with Gasteiger partial charge >= 0.3 is 0 Å². The Balaban J connectivity index is 2.39. The zero-order valence-electron chi connectivity index (χ0n) is 9.22. The van der Waals surface area contributed by atoms with E-state index < -0.39 is 0 Å². The Morgan fingerprint density at radius 1 is 1.44 bits per heavy atom. The molecule has 0 fully saturated rings. The van der Waals surface area contributed by atoms with Crippen LogP contribution in [-0.4, -0.2) is 16.3 Å². The van der Waals surface area contributed by atoms with Gasteiger partial charge in [-0.1, -0.05) is 6.92 Å². The van der Waals surface area contributed by atoms with E-state index in [-0.39, 0.29) is 12.5 Å². The summed E-state index contributed by atoms with van der Waals surface area (Å²) < 4.78 is 2.11. The van der Waals surface area contributed by atoms with E-state index in [1.54, 1.807) is 0 Å². The van der Waals surface area contributed by atoms with Gasteiger partial charge in [0.2, 0.25) is 0 Å². The fourth-order valence-electron chi connectivity index (χ4n) is 1.82. The predicted molar refractivity (Wildman–Crippen MR) is 62.9 cm³/mol. The maximum atomic E-state index is 9.03. The zero-order chi connectivity index (χ0) is 11.5. The van der Waals surface area contributed by atoms with Crippen LogP contribution >= 0.6 is 0 Å². The molecular formula is C13H14N2O. The van der Waals surface area contributed by atoms with Crippen LogP contribution < -0.4 is 0 Å². The molecule has 0 aliphatic heterocycles. The summed E-state index contributed by atoms with van der Waals surface area (Å²) in [4.78, 5) is 0. The molecule has 1 N–H and O–H groups in total. The Morgan fingerprint density at radius 2 is 2.25 bits per heavy atom. The van der Waals surface area contributed by atoms with Crippen LogP contribution in [0.1, 0.15) is 12.5 Å². The molecule has 1 unspecified atom stereocenters. The van der Waals surface area contributed by atoms with Gasteiger partial charge in [-0.3, -0.25) is 0 Å². The molecule has 1 heterocycles. The van der Waals surface area contributed by atoms with E-state index in [1.807, 2.05) is 37.4 Å². The molecule has 0 aliphatic carbocycles. The fourth-order valence-corrected chi connectivity index (χ4v) is 1.82. The van der Waals surface area contributed by atoms with Crippen molar-refractivity contribution in [1.29, 1.82) is 5.26 Å². The molecule has 3 heteroatoms. The van der Waals surface area contributed by atoms with Crippen LogP contribution in [0.15, 0.2) is 30.5 Å². The molecule has 0 spiro atoms. The van der Waals surface area contributed by atoms with E-state index in [0.29, 0.717) is 5.56 Å². The van der Waals surface area contributed by atoms with Gasteiger partial charge in [-0.2, -0.15) is 5.26 Å². The normalized spacial score (nSPS) is 12.6. The number of nitrogens with zero attached hydrogens (tertiary/aromatic N) is 2. The Morgan fingerprint density at radius 3 is 2.94 bits per heavy atom. The number of hydrogen-bond acceptors (Lipinski definition) is 2. The lowest BCUT2D eigenvalue weighted by Crippen LogP contribution is -2.09. The number of nitriles is 1. The molecule has 82 valence electrons. The molecule has 1 aromatic carbocycles. The Kier molecular flexibility index (Phi) is 2.93. The highest BCUT2D eigenvalue weighted by molar-refractivity contribution is 5.81. The minimum atomic E-state index is 0.190. The second-order valence-corrected chi connectivity index (χ2v) is 4.14. The molecular weight excluding hydrogens is 200 g/mol. The van der Waals surface area contributed by atoms with Gasteiger partial charge in [0.25, 0.3) is 0 Å². The fraction of sp³-hybridized carbons (Fsp3) is 0.308. The van der Waals surface area contributed by atoms with Crippen LogP contribution in [0.3, 0.4) is 0 Å². The topological polar surface area (TPSA) is 49.0 Å². The molecule has 3 nitrogen and oxygen atoms in total. The van der Waals surface area contributed by atoms with Gasteiger partial charge in [0.15, 0.2) is 0 Å². The lowest BCUT2D eigenvalue weighted by atomic mass is 10.1. The number of aromatic nitrogens is 1. The van der Waals surface area contributed by atoms with Gasteiger partial charge in [0, 0.05) is 30.3 Å². The van der Waals surface area contributed by atoms with Crippen LogP contribution in [0, 0.1) is 17.2 Å². The van der Waals surface area contributed by atoms with E-state index in [0.717, 1.165) is 17.4 Å². The van der Waals surface area contributed by atoms with Crippen LogP contribution in [0.4, 0.5) is 0 Å². The highest BCUT2D eigenvalue weighted by Gasteiger charge is 2.05. The maximum absolute atomic E-state index is 9.03. The van der Waals surface area contributed by atoms with E-state index in [9.17, 15) is 0 Å². The standard InChI is InChI=1S/C13H14N2O/c1-10(9-16)8-15-5-4-12-6-11(7-14)2-3-13(12)15/h2-6,10,16H,8-9H2,1H3. The lowest BCUT2D eigenvalue weighted by molar-refractivity contribution is 0.224. The number of fused-ring (bicyclic) bond motifs is 1. The predicted octanol–water partition coefficient (Wildman–Crippen LogP) is 2.14. The van der Waals surface area contributed by atoms with E-state index in [4.69, 9.17) is 10.4 Å². The maximum Gasteiger partial charge on any atom is 0.0991 e. The number of aliphatic hydroxyl groups is 1. The SMILES string of the molecule is CC(CO)Cn1ccc2cc(C#N)ccc21. The molecule has 0 saturated heterocycles. The van der Waals surface area contributed by atoms with Crippen molar-refractivity contribution >= 4 is 10.9 Å². The number of aliphatic hydroxyl groups excluding tert-OH is 1. The quantitative estimate of drug-likeness (QED) is 0.851. The molecule has 1 atom stereocenters. The molecule has 0 radical (unpaired) electrons. The zero-order valence-corrected chi connectivity index (χ0v) is 9.22. The molecule has 2 aromatic rings. The average molecular weight is 214 g/mol. The summed E-state index contributed by atoms with van der Waals surface area (Å²) in [5, 5.41) is 18.9. The van der Waals surface area contributed by atoms with Gasteiger partial charge in [-0.05, 0) is 30.2 Å². The number of benzene rings is 1. The Hall–Kier alpha value is -1.79. The van der Waals surface area contributed by atoms with Crippen molar-refractivity contribution in [3.05, 3.63) is 36.0 Å². The summed E-state index contributed by atoms with van der Waals surface area (Å²) in [5.74, 6) is 0.242. The molecule has 0 amide bonds. The lowest BCUT2D eigenvalue weighted by Gasteiger charge is -2.10. The first-order chi connectivity index (χ1) is 7.74.